The minimum atomic E-state index is -0.287. The molecule has 0 unspecified atom stereocenters. The van der Waals surface area contributed by atoms with Gasteiger partial charge in [0.2, 0.25) is 11.8 Å². The van der Waals surface area contributed by atoms with Crippen LogP contribution >= 0.6 is 23.1 Å². The van der Waals surface area contributed by atoms with Crippen molar-refractivity contribution in [2.24, 2.45) is 0 Å². The van der Waals surface area contributed by atoms with Crippen molar-refractivity contribution < 1.29 is 9.21 Å². The van der Waals surface area contributed by atoms with E-state index in [4.69, 9.17) is 4.42 Å². The maximum Gasteiger partial charge on any atom is 0.277 e. The fourth-order valence-electron chi connectivity index (χ4n) is 4.28. The Kier molecular flexibility index (Phi) is 6.67. The largest absolute Gasteiger partial charge is 0.416 e. The Hall–Kier alpha value is -1.41. The average molecular weight is 421 g/mol. The van der Waals surface area contributed by atoms with E-state index in [9.17, 15) is 4.79 Å². The molecule has 4 rings (SSSR count). The first-order chi connectivity index (χ1) is 13.7. The summed E-state index contributed by atoms with van der Waals surface area (Å²) in [4.78, 5) is 19.7. The van der Waals surface area contributed by atoms with Gasteiger partial charge in [-0.3, -0.25) is 9.69 Å². The maximum atomic E-state index is 13.3. The molecule has 2 aliphatic carbocycles. The number of carbonyl (C=O) groups is 1. The van der Waals surface area contributed by atoms with Crippen molar-refractivity contribution in [2.45, 2.75) is 93.6 Å². The van der Waals surface area contributed by atoms with Gasteiger partial charge in [-0.1, -0.05) is 50.3 Å². The number of carbonyl (C=O) groups excluding carboxylic acids is 1. The van der Waals surface area contributed by atoms with E-state index in [1.54, 1.807) is 6.20 Å². The summed E-state index contributed by atoms with van der Waals surface area (Å²) in [6.45, 7) is 1.93. The van der Waals surface area contributed by atoms with Crippen LogP contribution in [0.4, 0.5) is 5.13 Å². The van der Waals surface area contributed by atoms with Crippen molar-refractivity contribution in [3.8, 4) is 0 Å². The molecule has 0 saturated heterocycles. The second-order valence-electron chi connectivity index (χ2n) is 7.82. The number of hydrogen-bond donors (Lipinski definition) is 0. The monoisotopic (exact) mass is 420 g/mol. The standard InChI is InChI=1S/C20H28N4O2S2/c1-14(28-20-23-22-17(26-20)15-8-4-2-5-9-15)18(25)24(19-21-12-13-27-19)16-10-6-3-7-11-16/h12-16H,2-11H2,1H3/t14-/m1/s1. The summed E-state index contributed by atoms with van der Waals surface area (Å²) in [5.41, 5.74) is 0. The van der Waals surface area contributed by atoms with Gasteiger partial charge in [0.05, 0.1) is 5.25 Å². The van der Waals surface area contributed by atoms with Gasteiger partial charge >= 0.3 is 0 Å². The van der Waals surface area contributed by atoms with Gasteiger partial charge in [0.15, 0.2) is 5.13 Å². The van der Waals surface area contributed by atoms with Gasteiger partial charge in [0, 0.05) is 23.5 Å². The van der Waals surface area contributed by atoms with E-state index < -0.39 is 0 Å². The third-order valence-corrected chi connectivity index (χ3v) is 7.50. The molecule has 2 aromatic heterocycles. The zero-order valence-corrected chi connectivity index (χ0v) is 18.0. The van der Waals surface area contributed by atoms with Crippen LogP contribution in [0.5, 0.6) is 0 Å². The number of hydrogen-bond acceptors (Lipinski definition) is 7. The van der Waals surface area contributed by atoms with Crippen LogP contribution in [0.15, 0.2) is 21.2 Å². The van der Waals surface area contributed by atoms with Crippen molar-refractivity contribution in [3.05, 3.63) is 17.5 Å². The maximum absolute atomic E-state index is 13.3. The lowest BCUT2D eigenvalue weighted by molar-refractivity contribution is -0.118. The highest BCUT2D eigenvalue weighted by atomic mass is 32.2. The topological polar surface area (TPSA) is 72.1 Å². The number of thioether (sulfide) groups is 1. The minimum absolute atomic E-state index is 0.0873. The summed E-state index contributed by atoms with van der Waals surface area (Å²) < 4.78 is 5.92. The molecule has 1 atom stereocenters. The predicted molar refractivity (Wildman–Crippen MR) is 112 cm³/mol. The van der Waals surface area contributed by atoms with Crippen LogP contribution in [0, 0.1) is 0 Å². The molecule has 2 aromatic rings. The fraction of sp³-hybridized carbons (Fsp3) is 0.700. The Morgan fingerprint density at radius 2 is 1.86 bits per heavy atom. The average Bonchev–Trinajstić information content (AvgIpc) is 3.42. The normalized spacial score (nSPS) is 20.2. The van der Waals surface area contributed by atoms with E-state index in [1.165, 1.54) is 61.6 Å². The summed E-state index contributed by atoms with van der Waals surface area (Å²) in [6.07, 6.45) is 13.5. The van der Waals surface area contributed by atoms with Crippen molar-refractivity contribution >= 4 is 34.1 Å². The van der Waals surface area contributed by atoms with Crippen LogP contribution in [-0.4, -0.2) is 32.4 Å². The Bertz CT molecular complexity index is 752. The van der Waals surface area contributed by atoms with Crippen molar-refractivity contribution in [1.29, 1.82) is 0 Å². The SMILES string of the molecule is C[C@@H](Sc1nnc(C2CCCCC2)o1)C(=O)N(c1nccs1)C1CCCCC1. The van der Waals surface area contributed by atoms with Crippen LogP contribution in [0.25, 0.3) is 0 Å². The summed E-state index contributed by atoms with van der Waals surface area (Å²) in [5, 5.41) is 11.4. The molecule has 1 amide bonds. The van der Waals surface area contributed by atoms with Crippen LogP contribution in [0.2, 0.25) is 0 Å². The number of anilines is 1. The van der Waals surface area contributed by atoms with Crippen LogP contribution in [0.3, 0.4) is 0 Å². The van der Waals surface area contributed by atoms with E-state index in [0.29, 0.717) is 11.1 Å². The van der Waals surface area contributed by atoms with E-state index in [0.717, 1.165) is 36.7 Å². The fourth-order valence-corrected chi connectivity index (χ4v) is 5.74. The van der Waals surface area contributed by atoms with Crippen molar-refractivity contribution in [2.75, 3.05) is 4.90 Å². The van der Waals surface area contributed by atoms with Crippen LogP contribution in [0.1, 0.15) is 82.9 Å². The van der Waals surface area contributed by atoms with Gasteiger partial charge in [-0.05, 0) is 32.6 Å². The molecule has 0 spiro atoms. The third kappa shape index (κ3) is 4.59. The Morgan fingerprint density at radius 3 is 2.54 bits per heavy atom. The molecule has 0 bridgehead atoms. The Balaban J connectivity index is 1.44. The molecule has 152 valence electrons. The second-order valence-corrected chi connectivity index (χ2v) is 9.98. The summed E-state index contributed by atoms with van der Waals surface area (Å²) in [7, 11) is 0. The number of amides is 1. The molecule has 0 aliphatic heterocycles. The highest BCUT2D eigenvalue weighted by Crippen LogP contribution is 2.35. The summed E-state index contributed by atoms with van der Waals surface area (Å²) >= 11 is 2.90. The Labute approximate surface area is 174 Å². The van der Waals surface area contributed by atoms with Gasteiger partial charge in [-0.25, -0.2) is 4.98 Å². The molecular weight excluding hydrogens is 392 g/mol. The number of thiazole rings is 1. The molecule has 2 saturated carbocycles. The highest BCUT2D eigenvalue weighted by Gasteiger charge is 2.33. The van der Waals surface area contributed by atoms with Crippen molar-refractivity contribution in [1.82, 2.24) is 15.2 Å². The summed E-state index contributed by atoms with van der Waals surface area (Å²) in [5.74, 6) is 1.21. The number of nitrogens with zero attached hydrogens (tertiary/aromatic N) is 4. The molecule has 0 aromatic carbocycles. The second kappa shape index (κ2) is 9.39. The lowest BCUT2D eigenvalue weighted by Crippen LogP contribution is -2.45. The van der Waals surface area contributed by atoms with Gasteiger partial charge in [-0.2, -0.15) is 0 Å². The molecule has 2 aliphatic rings. The first-order valence-corrected chi connectivity index (χ1v) is 12.2. The van der Waals surface area contributed by atoms with Crippen LogP contribution in [-0.2, 0) is 4.79 Å². The first kappa shape index (κ1) is 19.9. The van der Waals surface area contributed by atoms with Crippen molar-refractivity contribution in [3.63, 3.8) is 0 Å². The molecule has 2 heterocycles. The molecular formula is C20H28N4O2S2. The molecule has 8 heteroatoms. The Morgan fingerprint density at radius 1 is 1.14 bits per heavy atom. The van der Waals surface area contributed by atoms with Gasteiger partial charge in [0.25, 0.3) is 5.22 Å². The number of aromatic nitrogens is 3. The van der Waals surface area contributed by atoms with Gasteiger partial charge in [-0.15, -0.1) is 21.5 Å². The zero-order valence-electron chi connectivity index (χ0n) is 16.4. The first-order valence-electron chi connectivity index (χ1n) is 10.4. The molecule has 28 heavy (non-hydrogen) atoms. The lowest BCUT2D eigenvalue weighted by atomic mass is 9.89. The van der Waals surface area contributed by atoms with E-state index in [2.05, 4.69) is 15.2 Å². The lowest BCUT2D eigenvalue weighted by Gasteiger charge is -2.33. The third-order valence-electron chi connectivity index (χ3n) is 5.80. The van der Waals surface area contributed by atoms with Gasteiger partial charge < -0.3 is 4.42 Å². The zero-order chi connectivity index (χ0) is 19.3. The van der Waals surface area contributed by atoms with E-state index in [1.807, 2.05) is 17.2 Å². The molecule has 2 fully saturated rings. The van der Waals surface area contributed by atoms with E-state index in [-0.39, 0.29) is 17.2 Å². The van der Waals surface area contributed by atoms with Crippen LogP contribution < -0.4 is 4.90 Å². The summed E-state index contributed by atoms with van der Waals surface area (Å²) in [6, 6.07) is 0.246. The number of rotatable bonds is 6. The molecule has 6 nitrogen and oxygen atoms in total. The smallest absolute Gasteiger partial charge is 0.277 e. The highest BCUT2D eigenvalue weighted by molar-refractivity contribution is 8.00. The minimum Gasteiger partial charge on any atom is -0.416 e. The predicted octanol–water partition coefficient (Wildman–Crippen LogP) is 5.42. The molecule has 0 N–H and O–H groups in total. The molecule has 0 radical (unpaired) electrons. The van der Waals surface area contributed by atoms with E-state index >= 15 is 0 Å². The van der Waals surface area contributed by atoms with Gasteiger partial charge in [0.1, 0.15) is 0 Å². The quantitative estimate of drug-likeness (QED) is 0.581.